The highest BCUT2D eigenvalue weighted by Crippen LogP contribution is 2.72. The molecule has 1 aliphatic heterocycles. The average molecular weight is 721 g/mol. The van der Waals surface area contributed by atoms with E-state index < -0.39 is 18.0 Å². The first-order valence-electron chi connectivity index (χ1n) is 20.3. The van der Waals surface area contributed by atoms with Gasteiger partial charge in [0, 0.05) is 5.92 Å². The zero-order valence-electron chi connectivity index (χ0n) is 31.1. The number of hydrogen-bond acceptors (Lipinski definition) is 10. The summed E-state index contributed by atoms with van der Waals surface area (Å²) in [6.45, 7) is 9.38. The fraction of sp³-hybridized carbons (Fsp3) is 0.854. The SMILES string of the molecule is CC1C(C)C2CC1C1C3CC(C(=O)NCC(=O)OCCC#N)C(C3)C21.CC1C(C)C2CC1C1C3CC(C(=O)OCC(=O)OC4COC(=O)C4)C(C3)C21. The molecule has 8 aliphatic carbocycles. The molecule has 1 amide bonds. The fourth-order valence-electron chi connectivity index (χ4n) is 14.6. The molecule has 8 saturated carbocycles. The van der Waals surface area contributed by atoms with Crippen LogP contribution in [0.15, 0.2) is 0 Å². The van der Waals surface area contributed by atoms with Crippen LogP contribution in [-0.2, 0) is 42.9 Å². The van der Waals surface area contributed by atoms with E-state index in [2.05, 4.69) is 33.0 Å². The Kier molecular flexibility index (Phi) is 9.60. The van der Waals surface area contributed by atoms with Gasteiger partial charge in [0.2, 0.25) is 5.91 Å². The molecule has 0 spiro atoms. The van der Waals surface area contributed by atoms with Crippen LogP contribution in [0.1, 0.15) is 79.1 Å². The van der Waals surface area contributed by atoms with Crippen LogP contribution < -0.4 is 5.32 Å². The van der Waals surface area contributed by atoms with Gasteiger partial charge in [0.1, 0.15) is 25.9 Å². The molecule has 0 radical (unpaired) electrons. The number of amides is 1. The van der Waals surface area contributed by atoms with Gasteiger partial charge in [0.05, 0.1) is 24.8 Å². The summed E-state index contributed by atoms with van der Waals surface area (Å²) in [5, 5.41) is 11.2. The van der Waals surface area contributed by atoms with Crippen LogP contribution in [0.25, 0.3) is 0 Å². The van der Waals surface area contributed by atoms with Gasteiger partial charge in [-0.05, 0) is 133 Å². The van der Waals surface area contributed by atoms with E-state index in [-0.39, 0.29) is 68.9 Å². The monoisotopic (exact) mass is 720 g/mol. The zero-order chi connectivity index (χ0) is 36.6. The standard InChI is InChI=1S/C21H28O6.C20H28N2O3/c1-9-10(2)14-6-13(9)19-11-3-15(20(14)19)16(4-11)21(24)26-8-18(23)27-12-5-17(22)25-7-12;1-10-11(2)14-8-13(10)18-12-6-15(19(14)18)16(7-12)20(24)22-9-17(23)25-5-3-4-21/h9-16,19-20H,3-8H2,1-2H3;10-16,18-19H,3,5-9H2,1-2H3,(H,22,24). The second-order valence-corrected chi connectivity index (χ2v) is 18.3. The number of carbonyl (C=O) groups excluding carboxylic acids is 5. The van der Waals surface area contributed by atoms with Crippen molar-refractivity contribution < 1.29 is 42.9 Å². The first kappa shape index (κ1) is 35.8. The van der Waals surface area contributed by atoms with Crippen LogP contribution in [-0.4, -0.2) is 62.3 Å². The number of nitriles is 1. The van der Waals surface area contributed by atoms with Gasteiger partial charge in [0.25, 0.3) is 0 Å². The Labute approximate surface area is 306 Å². The van der Waals surface area contributed by atoms with E-state index in [4.69, 9.17) is 24.2 Å². The van der Waals surface area contributed by atoms with Crippen LogP contribution in [0.3, 0.4) is 0 Å². The molecule has 19 unspecified atom stereocenters. The molecule has 19 atom stereocenters. The summed E-state index contributed by atoms with van der Waals surface area (Å²) in [4.78, 5) is 59.8. The van der Waals surface area contributed by atoms with Crippen LogP contribution in [0.4, 0.5) is 0 Å². The average Bonchev–Trinajstić information content (AvgIpc) is 3.98. The predicted molar refractivity (Wildman–Crippen MR) is 184 cm³/mol. The summed E-state index contributed by atoms with van der Waals surface area (Å²) >= 11 is 0. The molecule has 11 heteroatoms. The minimum absolute atomic E-state index is 0.0339. The molecule has 0 aromatic heterocycles. The third-order valence-electron chi connectivity index (χ3n) is 16.7. The van der Waals surface area contributed by atoms with Crippen molar-refractivity contribution in [1.29, 1.82) is 5.26 Å². The first-order chi connectivity index (χ1) is 25.0. The molecule has 9 fully saturated rings. The van der Waals surface area contributed by atoms with E-state index in [1.807, 2.05) is 6.07 Å². The Morgan fingerprint density at radius 3 is 1.85 bits per heavy atom. The number of cyclic esters (lactones) is 1. The topological polar surface area (TPSA) is 158 Å². The smallest absolute Gasteiger partial charge is 0.344 e. The third kappa shape index (κ3) is 5.93. The van der Waals surface area contributed by atoms with E-state index in [0.717, 1.165) is 90.3 Å². The van der Waals surface area contributed by atoms with Crippen molar-refractivity contribution in [2.75, 3.05) is 26.4 Å². The lowest BCUT2D eigenvalue weighted by molar-refractivity contribution is -0.166. The minimum Gasteiger partial charge on any atom is -0.463 e. The maximum Gasteiger partial charge on any atom is 0.344 e. The Morgan fingerprint density at radius 1 is 0.731 bits per heavy atom. The van der Waals surface area contributed by atoms with Gasteiger partial charge in [-0.3, -0.25) is 19.2 Å². The van der Waals surface area contributed by atoms with E-state index >= 15 is 0 Å². The van der Waals surface area contributed by atoms with Crippen molar-refractivity contribution in [3.8, 4) is 6.07 Å². The Morgan fingerprint density at radius 2 is 1.29 bits per heavy atom. The van der Waals surface area contributed by atoms with Gasteiger partial charge in [-0.15, -0.1) is 0 Å². The van der Waals surface area contributed by atoms with Crippen LogP contribution in [0.2, 0.25) is 0 Å². The number of fused-ring (bicyclic) bond motifs is 18. The lowest BCUT2D eigenvalue weighted by Crippen LogP contribution is -2.44. The summed E-state index contributed by atoms with van der Waals surface area (Å²) in [6.07, 6.45) is 6.75. The van der Waals surface area contributed by atoms with Crippen molar-refractivity contribution in [3.63, 3.8) is 0 Å². The normalized spacial score (nSPS) is 47.6. The molecule has 0 aromatic carbocycles. The highest BCUT2D eigenvalue weighted by molar-refractivity contribution is 5.84. The Bertz CT molecular complexity index is 1510. The van der Waals surface area contributed by atoms with Crippen LogP contribution in [0.5, 0.6) is 0 Å². The van der Waals surface area contributed by atoms with Crippen molar-refractivity contribution in [3.05, 3.63) is 0 Å². The Balaban J connectivity index is 0.000000149. The predicted octanol–water partition coefficient (Wildman–Crippen LogP) is 4.57. The molecule has 1 saturated heterocycles. The van der Waals surface area contributed by atoms with E-state index in [1.54, 1.807) is 0 Å². The highest BCUT2D eigenvalue weighted by Gasteiger charge is 2.68. The summed E-state index contributed by atoms with van der Waals surface area (Å²) in [6, 6.07) is 1.93. The number of carbonyl (C=O) groups is 5. The molecule has 1 N–H and O–H groups in total. The molecule has 9 aliphatic rings. The van der Waals surface area contributed by atoms with E-state index in [1.165, 1.54) is 19.3 Å². The molecule has 1 heterocycles. The van der Waals surface area contributed by atoms with E-state index in [9.17, 15) is 24.0 Å². The number of nitrogens with one attached hydrogen (secondary N) is 1. The van der Waals surface area contributed by atoms with Gasteiger partial charge in [-0.2, -0.15) is 5.26 Å². The zero-order valence-corrected chi connectivity index (χ0v) is 31.1. The second-order valence-electron chi connectivity index (χ2n) is 18.3. The quantitative estimate of drug-likeness (QED) is 0.155. The van der Waals surface area contributed by atoms with Crippen molar-refractivity contribution >= 4 is 29.8 Å². The molecular weight excluding hydrogens is 664 g/mol. The molecule has 8 bridgehead atoms. The van der Waals surface area contributed by atoms with Gasteiger partial charge in [-0.1, -0.05) is 27.7 Å². The molecule has 9 rings (SSSR count). The lowest BCUT2D eigenvalue weighted by atomic mass is 9.62. The second kappa shape index (κ2) is 13.9. The molecular formula is C41H56N2O9. The lowest BCUT2D eigenvalue weighted by Gasteiger charge is -2.43. The number of hydrogen-bond donors (Lipinski definition) is 1. The number of rotatable bonds is 9. The summed E-state index contributed by atoms with van der Waals surface area (Å²) in [5.41, 5.74) is 0. The van der Waals surface area contributed by atoms with Crippen molar-refractivity contribution in [2.24, 2.45) is 107 Å². The molecule has 0 aromatic rings. The number of ether oxygens (including phenoxy) is 4. The fourth-order valence-corrected chi connectivity index (χ4v) is 14.6. The summed E-state index contributed by atoms with van der Waals surface area (Å²) in [7, 11) is 0. The molecule has 11 nitrogen and oxygen atoms in total. The van der Waals surface area contributed by atoms with E-state index in [0.29, 0.717) is 23.7 Å². The third-order valence-corrected chi connectivity index (χ3v) is 16.7. The van der Waals surface area contributed by atoms with Gasteiger partial charge < -0.3 is 24.3 Å². The van der Waals surface area contributed by atoms with Gasteiger partial charge in [0.15, 0.2) is 6.61 Å². The number of esters is 4. The highest BCUT2D eigenvalue weighted by atomic mass is 16.6. The van der Waals surface area contributed by atoms with Crippen molar-refractivity contribution in [1.82, 2.24) is 5.32 Å². The van der Waals surface area contributed by atoms with Gasteiger partial charge >= 0.3 is 23.9 Å². The van der Waals surface area contributed by atoms with Crippen LogP contribution >= 0.6 is 0 Å². The Hall–Kier alpha value is -3.16. The maximum absolute atomic E-state index is 12.7. The summed E-state index contributed by atoms with van der Waals surface area (Å²) in [5.74, 6) is 10.4. The molecule has 284 valence electrons. The first-order valence-corrected chi connectivity index (χ1v) is 20.3. The minimum atomic E-state index is -0.602. The van der Waals surface area contributed by atoms with Crippen LogP contribution in [0, 0.1) is 118 Å². The largest absolute Gasteiger partial charge is 0.463 e. The summed E-state index contributed by atoms with van der Waals surface area (Å²) < 4.78 is 20.1. The number of nitrogens with zero attached hydrogens (tertiary/aromatic N) is 1. The van der Waals surface area contributed by atoms with Gasteiger partial charge in [-0.25, -0.2) is 4.79 Å². The maximum atomic E-state index is 12.7. The molecule has 52 heavy (non-hydrogen) atoms. The van der Waals surface area contributed by atoms with Crippen molar-refractivity contribution in [2.45, 2.75) is 85.2 Å².